The van der Waals surface area contributed by atoms with E-state index in [9.17, 15) is 4.79 Å². The summed E-state index contributed by atoms with van der Waals surface area (Å²) in [4.78, 5) is 13.2. The van der Waals surface area contributed by atoms with Gasteiger partial charge in [0.2, 0.25) is 5.91 Å². The van der Waals surface area contributed by atoms with Gasteiger partial charge in [-0.15, -0.1) is 0 Å². The Morgan fingerprint density at radius 3 is 2.88 bits per heavy atom. The molecule has 0 spiro atoms. The van der Waals surface area contributed by atoms with Crippen LogP contribution in [0, 0.1) is 0 Å². The van der Waals surface area contributed by atoms with Gasteiger partial charge in [0.25, 0.3) is 0 Å². The molecule has 5 heteroatoms. The second-order valence-corrected chi connectivity index (χ2v) is 4.27. The number of ether oxygens (including phenoxy) is 1. The third-order valence-electron chi connectivity index (χ3n) is 3.15. The number of hydrogen-bond donors (Lipinski definition) is 2. The van der Waals surface area contributed by atoms with Gasteiger partial charge in [0.1, 0.15) is 0 Å². The lowest BCUT2D eigenvalue weighted by Gasteiger charge is -2.27. The largest absolute Gasteiger partial charge is 0.397 e. The maximum Gasteiger partial charge on any atom is 0.248 e. The van der Waals surface area contributed by atoms with Crippen molar-refractivity contribution in [1.29, 1.82) is 0 Å². The summed E-state index contributed by atoms with van der Waals surface area (Å²) in [5, 5.41) is 0. The number of amides is 1. The first kappa shape index (κ1) is 11.7. The Balaban J connectivity index is 2.29. The average molecular weight is 235 g/mol. The molecule has 0 radical (unpaired) electrons. The molecule has 1 aliphatic heterocycles. The summed E-state index contributed by atoms with van der Waals surface area (Å²) < 4.78 is 5.34. The molecule has 1 aromatic rings. The van der Waals surface area contributed by atoms with Crippen molar-refractivity contribution >= 4 is 17.3 Å². The summed E-state index contributed by atoms with van der Waals surface area (Å²) in [5.41, 5.74) is 13.1. The highest BCUT2D eigenvalue weighted by Gasteiger charge is 2.22. The van der Waals surface area contributed by atoms with Gasteiger partial charge in [-0.25, -0.2) is 0 Å². The number of rotatable bonds is 3. The monoisotopic (exact) mass is 235 g/mol. The van der Waals surface area contributed by atoms with Gasteiger partial charge in [-0.05, 0) is 24.6 Å². The van der Waals surface area contributed by atoms with Crippen LogP contribution in [0.2, 0.25) is 0 Å². The predicted octanol–water partition coefficient (Wildman–Crippen LogP) is 0.593. The van der Waals surface area contributed by atoms with Gasteiger partial charge in [0, 0.05) is 19.2 Å². The average Bonchev–Trinajstić information content (AvgIpc) is 2.81. The van der Waals surface area contributed by atoms with Gasteiger partial charge in [-0.2, -0.15) is 0 Å². The van der Waals surface area contributed by atoms with Gasteiger partial charge in [-0.1, -0.05) is 0 Å². The summed E-state index contributed by atoms with van der Waals surface area (Å²) >= 11 is 0. The van der Waals surface area contributed by atoms with E-state index in [1.165, 1.54) is 0 Å². The third-order valence-corrected chi connectivity index (χ3v) is 3.15. The molecule has 1 heterocycles. The number of primary amides is 1. The van der Waals surface area contributed by atoms with Crippen LogP contribution in [-0.4, -0.2) is 32.2 Å². The van der Waals surface area contributed by atoms with Crippen molar-refractivity contribution in [2.75, 3.05) is 30.9 Å². The Morgan fingerprint density at radius 2 is 2.29 bits per heavy atom. The second-order valence-electron chi connectivity index (χ2n) is 4.27. The molecule has 1 fully saturated rings. The van der Waals surface area contributed by atoms with Crippen molar-refractivity contribution in [3.8, 4) is 0 Å². The number of anilines is 2. The molecule has 0 bridgehead atoms. The number of nitrogens with two attached hydrogens (primary N) is 2. The van der Waals surface area contributed by atoms with E-state index in [1.807, 2.05) is 7.05 Å². The second kappa shape index (κ2) is 4.63. The Bertz CT molecular complexity index is 428. The van der Waals surface area contributed by atoms with Crippen LogP contribution in [0.4, 0.5) is 11.4 Å². The molecule has 1 saturated heterocycles. The van der Waals surface area contributed by atoms with Crippen molar-refractivity contribution in [3.05, 3.63) is 23.8 Å². The van der Waals surface area contributed by atoms with Gasteiger partial charge in [-0.3, -0.25) is 4.79 Å². The molecule has 0 aliphatic carbocycles. The third kappa shape index (κ3) is 2.34. The van der Waals surface area contributed by atoms with Crippen molar-refractivity contribution in [1.82, 2.24) is 0 Å². The van der Waals surface area contributed by atoms with Crippen LogP contribution in [0.5, 0.6) is 0 Å². The normalized spacial score (nSPS) is 19.2. The Kier molecular flexibility index (Phi) is 3.19. The molecule has 2 rings (SSSR count). The van der Waals surface area contributed by atoms with Crippen LogP contribution in [-0.2, 0) is 4.74 Å². The van der Waals surface area contributed by atoms with E-state index >= 15 is 0 Å². The molecule has 1 atom stereocenters. The number of hydrogen-bond acceptors (Lipinski definition) is 4. The number of nitrogens with zero attached hydrogens (tertiary/aromatic N) is 1. The lowest BCUT2D eigenvalue weighted by molar-refractivity contribution is 0.100. The van der Waals surface area contributed by atoms with E-state index < -0.39 is 5.91 Å². The zero-order valence-electron chi connectivity index (χ0n) is 9.85. The van der Waals surface area contributed by atoms with Crippen LogP contribution < -0.4 is 16.4 Å². The van der Waals surface area contributed by atoms with Crippen molar-refractivity contribution in [2.45, 2.75) is 12.5 Å². The zero-order chi connectivity index (χ0) is 12.4. The number of benzene rings is 1. The highest BCUT2D eigenvalue weighted by Crippen LogP contribution is 2.27. The van der Waals surface area contributed by atoms with Crippen LogP contribution in [0.15, 0.2) is 18.2 Å². The summed E-state index contributed by atoms with van der Waals surface area (Å²) in [6.07, 6.45) is 0.969. The molecule has 5 nitrogen and oxygen atoms in total. The molecule has 1 amide bonds. The van der Waals surface area contributed by atoms with Crippen molar-refractivity contribution in [2.24, 2.45) is 5.73 Å². The predicted molar refractivity (Wildman–Crippen MR) is 67.0 cm³/mol. The fraction of sp³-hybridized carbons (Fsp3) is 0.417. The highest BCUT2D eigenvalue weighted by molar-refractivity contribution is 5.95. The maximum atomic E-state index is 11.1. The lowest BCUT2D eigenvalue weighted by atomic mass is 10.1. The number of likely N-dealkylation sites (N-methyl/N-ethyl adjacent to an activating group) is 1. The van der Waals surface area contributed by atoms with E-state index in [0.717, 1.165) is 18.7 Å². The number of nitrogen functional groups attached to an aromatic ring is 1. The molecule has 0 saturated carbocycles. The fourth-order valence-electron chi connectivity index (χ4n) is 2.03. The minimum atomic E-state index is -0.442. The van der Waals surface area contributed by atoms with E-state index in [0.29, 0.717) is 23.9 Å². The van der Waals surface area contributed by atoms with E-state index in [2.05, 4.69) is 4.90 Å². The standard InChI is InChI=1S/C12H17N3O2/c1-15(9-4-5-17-7-9)11-6-8(12(14)16)2-3-10(11)13/h2-3,6,9H,4-5,7,13H2,1H3,(H2,14,16). The molecule has 1 unspecified atom stereocenters. The zero-order valence-corrected chi connectivity index (χ0v) is 9.85. The van der Waals surface area contributed by atoms with Crippen LogP contribution >= 0.6 is 0 Å². The molecule has 1 aromatic carbocycles. The van der Waals surface area contributed by atoms with Gasteiger partial charge >= 0.3 is 0 Å². The fourth-order valence-corrected chi connectivity index (χ4v) is 2.03. The summed E-state index contributed by atoms with van der Waals surface area (Å²) in [6.45, 7) is 1.46. The highest BCUT2D eigenvalue weighted by atomic mass is 16.5. The van der Waals surface area contributed by atoms with Gasteiger partial charge in [0.15, 0.2) is 0 Å². The Hall–Kier alpha value is -1.75. The van der Waals surface area contributed by atoms with Gasteiger partial charge in [0.05, 0.1) is 24.0 Å². The minimum absolute atomic E-state index is 0.306. The Labute approximate surface area is 100 Å². The Morgan fingerprint density at radius 1 is 1.53 bits per heavy atom. The first-order valence-electron chi connectivity index (χ1n) is 5.59. The first-order valence-corrected chi connectivity index (χ1v) is 5.59. The summed E-state index contributed by atoms with van der Waals surface area (Å²) in [5.74, 6) is -0.442. The molecular weight excluding hydrogens is 218 g/mol. The summed E-state index contributed by atoms with van der Waals surface area (Å²) in [7, 11) is 1.95. The quantitative estimate of drug-likeness (QED) is 0.751. The molecule has 0 aromatic heterocycles. The molecule has 92 valence electrons. The maximum absolute atomic E-state index is 11.1. The first-order chi connectivity index (χ1) is 8.09. The van der Waals surface area contributed by atoms with Gasteiger partial charge < -0.3 is 21.1 Å². The number of carbonyl (C=O) groups excluding carboxylic acids is 1. The van der Waals surface area contributed by atoms with Crippen LogP contribution in [0.3, 0.4) is 0 Å². The van der Waals surface area contributed by atoms with E-state index in [4.69, 9.17) is 16.2 Å². The molecule has 1 aliphatic rings. The topological polar surface area (TPSA) is 81.6 Å². The smallest absolute Gasteiger partial charge is 0.248 e. The lowest BCUT2D eigenvalue weighted by Crippen LogP contribution is -2.32. The number of carbonyl (C=O) groups is 1. The summed E-state index contributed by atoms with van der Waals surface area (Å²) in [6, 6.07) is 5.39. The molecule has 4 N–H and O–H groups in total. The minimum Gasteiger partial charge on any atom is -0.397 e. The van der Waals surface area contributed by atoms with Crippen LogP contribution in [0.25, 0.3) is 0 Å². The SMILES string of the molecule is CN(c1cc(C(N)=O)ccc1N)C1CCOC1. The molecule has 17 heavy (non-hydrogen) atoms. The van der Waals surface area contributed by atoms with E-state index in [1.54, 1.807) is 18.2 Å². The van der Waals surface area contributed by atoms with Crippen LogP contribution in [0.1, 0.15) is 16.8 Å². The van der Waals surface area contributed by atoms with Crippen molar-refractivity contribution in [3.63, 3.8) is 0 Å². The van der Waals surface area contributed by atoms with Crippen molar-refractivity contribution < 1.29 is 9.53 Å². The molecular formula is C12H17N3O2. The van der Waals surface area contributed by atoms with E-state index in [-0.39, 0.29) is 0 Å².